The maximum Gasteiger partial charge on any atom is 0.417 e. The molecule has 2 heterocycles. The summed E-state index contributed by atoms with van der Waals surface area (Å²) in [5, 5.41) is 3.46. The van der Waals surface area contributed by atoms with Crippen molar-refractivity contribution in [3.05, 3.63) is 53.9 Å². The van der Waals surface area contributed by atoms with Gasteiger partial charge in [0.1, 0.15) is 11.6 Å². The summed E-state index contributed by atoms with van der Waals surface area (Å²) in [5.74, 6) is 2.69. The molecule has 4 saturated carbocycles. The van der Waals surface area contributed by atoms with Crippen molar-refractivity contribution in [2.45, 2.75) is 69.1 Å². The van der Waals surface area contributed by atoms with Crippen molar-refractivity contribution >= 4 is 17.1 Å². The Morgan fingerprint density at radius 1 is 1.03 bits per heavy atom. The number of hydrogen-bond donors (Lipinski definition) is 1. The minimum absolute atomic E-state index is 0.0356. The van der Waals surface area contributed by atoms with Gasteiger partial charge in [0.05, 0.1) is 5.56 Å². The van der Waals surface area contributed by atoms with E-state index in [1.807, 2.05) is 4.90 Å². The fourth-order valence-corrected chi connectivity index (χ4v) is 8.07. The molecule has 37 heavy (non-hydrogen) atoms. The van der Waals surface area contributed by atoms with E-state index >= 15 is 0 Å². The van der Waals surface area contributed by atoms with Crippen LogP contribution in [0.1, 0.15) is 68.9 Å². The molecular formula is C29H30F3N3O2. The second-order valence-corrected chi connectivity index (χ2v) is 11.8. The Bertz CT molecular complexity index is 1330. The average Bonchev–Trinajstić information content (AvgIpc) is 3.49. The Labute approximate surface area is 213 Å². The van der Waals surface area contributed by atoms with Gasteiger partial charge in [-0.1, -0.05) is 24.3 Å². The van der Waals surface area contributed by atoms with Crippen LogP contribution in [0, 0.1) is 17.8 Å². The molecule has 1 N–H and O–H groups in total. The minimum Gasteiger partial charge on any atom is -0.438 e. The molecule has 5 fully saturated rings. The fraction of sp³-hybridized carbons (Fsp3) is 0.517. The van der Waals surface area contributed by atoms with E-state index in [0.717, 1.165) is 55.9 Å². The number of likely N-dealkylation sites (tertiary alicyclic amines) is 1. The van der Waals surface area contributed by atoms with Crippen molar-refractivity contribution in [1.82, 2.24) is 15.2 Å². The first-order valence-corrected chi connectivity index (χ1v) is 13.4. The standard InChI is InChI=1S/C29H30F3N3O2/c30-29(31,32)22-5-2-1-4-21(22)20-7-8-25-23(13-20)33-26(37-25)24-6-3-9-35(24)27(36)34-28-14-17-10-18(15-28)12-19(11-17)16-28/h1-2,4-5,7-8,13,17-19,24H,3,6,9-12,14-16H2,(H,34,36)/t17?,18?,19?,24-,28?/m0/s1. The minimum atomic E-state index is -4.45. The number of hydrogen-bond acceptors (Lipinski definition) is 3. The van der Waals surface area contributed by atoms with Crippen molar-refractivity contribution in [2.75, 3.05) is 6.54 Å². The summed E-state index contributed by atoms with van der Waals surface area (Å²) >= 11 is 0. The van der Waals surface area contributed by atoms with Gasteiger partial charge < -0.3 is 14.6 Å². The van der Waals surface area contributed by atoms with Gasteiger partial charge in [0.15, 0.2) is 5.58 Å². The number of alkyl halides is 3. The average molecular weight is 510 g/mol. The highest BCUT2D eigenvalue weighted by Crippen LogP contribution is 2.55. The van der Waals surface area contributed by atoms with Crippen LogP contribution < -0.4 is 5.32 Å². The highest BCUT2D eigenvalue weighted by molar-refractivity contribution is 5.82. The zero-order valence-electron chi connectivity index (χ0n) is 20.6. The summed E-state index contributed by atoms with van der Waals surface area (Å²) in [5.41, 5.74) is 0.805. The Morgan fingerprint density at radius 2 is 1.73 bits per heavy atom. The number of nitrogens with one attached hydrogen (secondary N) is 1. The first-order chi connectivity index (χ1) is 17.8. The molecule has 5 nitrogen and oxygen atoms in total. The topological polar surface area (TPSA) is 58.4 Å². The van der Waals surface area contributed by atoms with Gasteiger partial charge in [-0.05, 0) is 98.4 Å². The molecule has 1 atom stereocenters. The number of oxazole rings is 1. The van der Waals surface area contributed by atoms with Crippen molar-refractivity contribution in [2.24, 2.45) is 17.8 Å². The highest BCUT2D eigenvalue weighted by Gasteiger charge is 2.52. The Balaban J connectivity index is 1.14. The number of halogens is 3. The van der Waals surface area contributed by atoms with Crippen LogP contribution in [-0.2, 0) is 6.18 Å². The van der Waals surface area contributed by atoms with E-state index in [9.17, 15) is 18.0 Å². The number of rotatable bonds is 3. The van der Waals surface area contributed by atoms with Crippen LogP contribution in [0.2, 0.25) is 0 Å². The van der Waals surface area contributed by atoms with Gasteiger partial charge >= 0.3 is 12.2 Å². The summed E-state index contributed by atoms with van der Waals surface area (Å²) in [6, 6.07) is 10.2. The van der Waals surface area contributed by atoms with Gasteiger partial charge in [-0.2, -0.15) is 13.2 Å². The Kier molecular flexibility index (Phi) is 5.14. The maximum atomic E-state index is 13.6. The monoisotopic (exact) mass is 509 g/mol. The van der Waals surface area contributed by atoms with Crippen molar-refractivity contribution in [1.29, 1.82) is 0 Å². The predicted molar refractivity (Wildman–Crippen MR) is 133 cm³/mol. The summed E-state index contributed by atoms with van der Waals surface area (Å²) in [6.07, 6.45) is 4.40. The molecule has 1 saturated heterocycles. The second kappa shape index (κ2) is 8.23. The van der Waals surface area contributed by atoms with Crippen LogP contribution in [0.5, 0.6) is 0 Å². The maximum absolute atomic E-state index is 13.6. The molecule has 2 aromatic carbocycles. The number of urea groups is 1. The quantitative estimate of drug-likeness (QED) is 0.402. The Morgan fingerprint density at radius 3 is 2.43 bits per heavy atom. The molecule has 0 unspecified atom stereocenters. The van der Waals surface area contributed by atoms with E-state index in [1.165, 1.54) is 31.4 Å². The van der Waals surface area contributed by atoms with Gasteiger partial charge in [0, 0.05) is 12.1 Å². The van der Waals surface area contributed by atoms with Crippen molar-refractivity contribution < 1.29 is 22.4 Å². The molecule has 2 amide bonds. The number of benzene rings is 2. The van der Waals surface area contributed by atoms with Crippen LogP contribution in [0.3, 0.4) is 0 Å². The van der Waals surface area contributed by atoms with E-state index < -0.39 is 11.7 Å². The lowest BCUT2D eigenvalue weighted by atomic mass is 9.53. The molecule has 1 aromatic heterocycles. The molecule has 8 heteroatoms. The van der Waals surface area contributed by atoms with E-state index in [4.69, 9.17) is 4.42 Å². The van der Waals surface area contributed by atoms with Crippen molar-refractivity contribution in [3.63, 3.8) is 0 Å². The van der Waals surface area contributed by atoms with Crippen LogP contribution in [0.4, 0.5) is 18.0 Å². The highest BCUT2D eigenvalue weighted by atomic mass is 19.4. The molecule has 4 aliphatic carbocycles. The van der Waals surface area contributed by atoms with E-state index in [0.29, 0.717) is 29.1 Å². The van der Waals surface area contributed by atoms with Crippen LogP contribution >= 0.6 is 0 Å². The van der Waals surface area contributed by atoms with Crippen LogP contribution in [0.25, 0.3) is 22.2 Å². The predicted octanol–water partition coefficient (Wildman–Crippen LogP) is 7.33. The second-order valence-electron chi connectivity index (χ2n) is 11.8. The summed E-state index contributed by atoms with van der Waals surface area (Å²) in [6.45, 7) is 0.645. The summed E-state index contributed by atoms with van der Waals surface area (Å²) in [7, 11) is 0. The van der Waals surface area contributed by atoms with Gasteiger partial charge in [-0.15, -0.1) is 0 Å². The number of amides is 2. The molecule has 5 aliphatic rings. The van der Waals surface area contributed by atoms with Gasteiger partial charge in [0.2, 0.25) is 5.89 Å². The fourth-order valence-electron chi connectivity index (χ4n) is 8.07. The summed E-state index contributed by atoms with van der Waals surface area (Å²) in [4.78, 5) is 20.1. The van der Waals surface area contributed by atoms with E-state index in [2.05, 4.69) is 10.3 Å². The molecule has 194 valence electrons. The molecular weight excluding hydrogens is 479 g/mol. The van der Waals surface area contributed by atoms with Gasteiger partial charge in [0.25, 0.3) is 0 Å². The molecule has 3 aromatic rings. The number of carbonyl (C=O) groups is 1. The lowest BCUT2D eigenvalue weighted by Gasteiger charge is -2.57. The molecule has 0 radical (unpaired) electrons. The zero-order chi connectivity index (χ0) is 25.4. The third-order valence-corrected chi connectivity index (χ3v) is 9.16. The smallest absolute Gasteiger partial charge is 0.417 e. The number of carbonyl (C=O) groups excluding carboxylic acids is 1. The molecule has 8 rings (SSSR count). The third-order valence-electron chi connectivity index (χ3n) is 9.16. The van der Waals surface area contributed by atoms with Crippen LogP contribution in [-0.4, -0.2) is 28.0 Å². The van der Waals surface area contributed by atoms with Gasteiger partial charge in [-0.25, -0.2) is 9.78 Å². The largest absolute Gasteiger partial charge is 0.438 e. The third kappa shape index (κ3) is 3.99. The number of nitrogens with zero attached hydrogens (tertiary/aromatic N) is 2. The van der Waals surface area contributed by atoms with Gasteiger partial charge in [-0.3, -0.25) is 0 Å². The van der Waals surface area contributed by atoms with E-state index in [1.54, 1.807) is 24.3 Å². The van der Waals surface area contributed by atoms with E-state index in [-0.39, 0.29) is 23.2 Å². The lowest BCUT2D eigenvalue weighted by Crippen LogP contribution is -2.61. The normalized spacial score (nSPS) is 30.8. The Hall–Kier alpha value is -3.03. The number of fused-ring (bicyclic) bond motifs is 1. The van der Waals surface area contributed by atoms with Crippen molar-refractivity contribution in [3.8, 4) is 11.1 Å². The number of aromatic nitrogens is 1. The first-order valence-electron chi connectivity index (χ1n) is 13.4. The zero-order valence-corrected chi connectivity index (χ0v) is 20.6. The molecule has 4 bridgehead atoms. The molecule has 0 spiro atoms. The first kappa shape index (κ1) is 23.1. The lowest BCUT2D eigenvalue weighted by molar-refractivity contribution is -0.137. The molecule has 1 aliphatic heterocycles. The summed E-state index contributed by atoms with van der Waals surface area (Å²) < 4.78 is 46.8. The SMILES string of the molecule is O=C(NC12CC3CC(CC(C3)C1)C2)N1CCC[C@H]1c1nc2cc(-c3ccccc3C(F)(F)F)ccc2o1. The van der Waals surface area contributed by atoms with Crippen LogP contribution in [0.15, 0.2) is 46.9 Å².